The third-order valence-corrected chi connectivity index (χ3v) is 4.64. The van der Waals surface area contributed by atoms with Crippen molar-refractivity contribution in [2.24, 2.45) is 0 Å². The van der Waals surface area contributed by atoms with Crippen LogP contribution in [-0.2, 0) is 10.0 Å². The third kappa shape index (κ3) is 5.20. The Balaban J connectivity index is 2.11. The van der Waals surface area contributed by atoms with Crippen LogP contribution in [0.4, 0.5) is 0 Å². The molecule has 0 bridgehead atoms. The zero-order valence-corrected chi connectivity index (χ0v) is 15.8. The molecule has 0 radical (unpaired) electrons. The van der Waals surface area contributed by atoms with E-state index in [4.69, 9.17) is 14.7 Å². The lowest BCUT2D eigenvalue weighted by molar-refractivity contribution is 0.0944. The average Bonchev–Trinajstić information content (AvgIpc) is 2.66. The van der Waals surface area contributed by atoms with E-state index in [-0.39, 0.29) is 16.6 Å². The Kier molecular flexibility index (Phi) is 6.39. The summed E-state index contributed by atoms with van der Waals surface area (Å²) >= 11 is 0. The molecule has 0 aliphatic rings. The highest BCUT2D eigenvalue weighted by atomic mass is 32.2. The summed E-state index contributed by atoms with van der Waals surface area (Å²) in [6, 6.07) is 11.7. The van der Waals surface area contributed by atoms with Crippen molar-refractivity contribution in [3.63, 3.8) is 0 Å². The Hall–Kier alpha value is -3.09. The van der Waals surface area contributed by atoms with E-state index in [1.165, 1.54) is 43.5 Å². The largest absolute Gasteiger partial charge is 0.493 e. The number of rotatable bonds is 7. The molecule has 0 unspecified atom stereocenters. The van der Waals surface area contributed by atoms with Gasteiger partial charge in [0.05, 0.1) is 29.7 Å². The first-order chi connectivity index (χ1) is 12.8. The van der Waals surface area contributed by atoms with Crippen LogP contribution in [0.15, 0.2) is 47.4 Å². The normalized spacial score (nSPS) is 10.9. The van der Waals surface area contributed by atoms with Gasteiger partial charge >= 0.3 is 0 Å². The molecule has 1 amide bonds. The highest BCUT2D eigenvalue weighted by molar-refractivity contribution is 7.89. The number of benzene rings is 2. The third-order valence-electron chi connectivity index (χ3n) is 3.38. The van der Waals surface area contributed by atoms with Crippen LogP contribution in [0.5, 0.6) is 11.5 Å². The Morgan fingerprint density at radius 1 is 1.11 bits per heavy atom. The summed E-state index contributed by atoms with van der Waals surface area (Å²) in [5.41, 5.74) is 2.65. The zero-order chi connectivity index (χ0) is 20.0. The second-order valence-electron chi connectivity index (χ2n) is 5.73. The molecule has 9 heteroatoms. The van der Waals surface area contributed by atoms with Gasteiger partial charge in [-0.1, -0.05) is 0 Å². The number of nitrogens with one attached hydrogen (secondary N) is 2. The average molecular weight is 389 g/mol. The Labute approximate surface area is 157 Å². The van der Waals surface area contributed by atoms with Crippen LogP contribution < -0.4 is 19.7 Å². The SMILES string of the molecule is COc1cc(C(=O)NNS(=O)(=O)c2ccc(C#N)cc2)ccc1OC(C)C. The summed E-state index contributed by atoms with van der Waals surface area (Å²) in [5.74, 6) is 0.162. The van der Waals surface area contributed by atoms with Crippen molar-refractivity contribution < 1.29 is 22.7 Å². The lowest BCUT2D eigenvalue weighted by Crippen LogP contribution is -2.41. The molecule has 0 atom stereocenters. The van der Waals surface area contributed by atoms with Gasteiger partial charge in [0.1, 0.15) is 0 Å². The van der Waals surface area contributed by atoms with E-state index < -0.39 is 15.9 Å². The minimum absolute atomic E-state index is 0.0715. The van der Waals surface area contributed by atoms with E-state index >= 15 is 0 Å². The molecule has 2 N–H and O–H groups in total. The molecule has 2 aromatic carbocycles. The number of hydrazine groups is 1. The predicted octanol–water partition coefficient (Wildman–Crippen LogP) is 1.98. The van der Waals surface area contributed by atoms with Gasteiger partial charge in [0.25, 0.3) is 15.9 Å². The van der Waals surface area contributed by atoms with Crippen LogP contribution in [0.25, 0.3) is 0 Å². The molecule has 0 fully saturated rings. The van der Waals surface area contributed by atoms with Gasteiger partial charge < -0.3 is 9.47 Å². The fourth-order valence-electron chi connectivity index (χ4n) is 2.11. The number of methoxy groups -OCH3 is 1. The van der Waals surface area contributed by atoms with E-state index in [2.05, 4.69) is 5.43 Å². The first-order valence-electron chi connectivity index (χ1n) is 7.94. The van der Waals surface area contributed by atoms with Gasteiger partial charge in [0.2, 0.25) is 0 Å². The van der Waals surface area contributed by atoms with Gasteiger partial charge in [-0.3, -0.25) is 10.2 Å². The second-order valence-corrected chi connectivity index (χ2v) is 7.41. The van der Waals surface area contributed by atoms with E-state index in [0.717, 1.165) is 0 Å². The minimum atomic E-state index is -3.98. The van der Waals surface area contributed by atoms with Gasteiger partial charge in [0.15, 0.2) is 11.5 Å². The Morgan fingerprint density at radius 3 is 2.33 bits per heavy atom. The maximum atomic E-state index is 12.2. The second kappa shape index (κ2) is 8.53. The summed E-state index contributed by atoms with van der Waals surface area (Å²) in [6.45, 7) is 3.72. The molecule has 0 saturated heterocycles. The number of carbonyl (C=O) groups excluding carboxylic acids is 1. The Morgan fingerprint density at radius 2 is 1.78 bits per heavy atom. The molecule has 8 nitrogen and oxygen atoms in total. The topological polar surface area (TPSA) is 118 Å². The first-order valence-corrected chi connectivity index (χ1v) is 9.42. The quantitative estimate of drug-likeness (QED) is 0.699. The van der Waals surface area contributed by atoms with Gasteiger partial charge in [-0.15, -0.1) is 4.83 Å². The molecule has 0 aliphatic carbocycles. The van der Waals surface area contributed by atoms with Crippen molar-refractivity contribution in [1.29, 1.82) is 5.26 Å². The van der Waals surface area contributed by atoms with Crippen molar-refractivity contribution >= 4 is 15.9 Å². The number of sulfonamides is 1. The van der Waals surface area contributed by atoms with E-state index in [1.54, 1.807) is 6.07 Å². The van der Waals surface area contributed by atoms with E-state index in [1.807, 2.05) is 24.7 Å². The lowest BCUT2D eigenvalue weighted by atomic mass is 10.2. The molecule has 27 heavy (non-hydrogen) atoms. The summed E-state index contributed by atoms with van der Waals surface area (Å²) in [6.07, 6.45) is -0.0715. The lowest BCUT2D eigenvalue weighted by Gasteiger charge is -2.14. The molecule has 2 rings (SSSR count). The van der Waals surface area contributed by atoms with Gasteiger partial charge in [-0.05, 0) is 56.3 Å². The van der Waals surface area contributed by atoms with Crippen LogP contribution in [0.3, 0.4) is 0 Å². The molecular weight excluding hydrogens is 370 g/mol. The number of amides is 1. The van der Waals surface area contributed by atoms with Crippen molar-refractivity contribution in [3.8, 4) is 17.6 Å². The molecule has 2 aromatic rings. The number of carbonyl (C=O) groups is 1. The van der Waals surface area contributed by atoms with Crippen molar-refractivity contribution in [2.75, 3.05) is 7.11 Å². The fourth-order valence-corrected chi connectivity index (χ4v) is 2.95. The van der Waals surface area contributed by atoms with Gasteiger partial charge in [-0.25, -0.2) is 8.42 Å². The first kappa shape index (κ1) is 20.2. The summed E-state index contributed by atoms with van der Waals surface area (Å²) < 4.78 is 35.2. The van der Waals surface area contributed by atoms with Crippen LogP contribution in [0.2, 0.25) is 0 Å². The summed E-state index contributed by atoms with van der Waals surface area (Å²) in [4.78, 5) is 14.2. The fraction of sp³-hybridized carbons (Fsp3) is 0.222. The monoisotopic (exact) mass is 389 g/mol. The highest BCUT2D eigenvalue weighted by Gasteiger charge is 2.17. The van der Waals surface area contributed by atoms with Crippen LogP contribution >= 0.6 is 0 Å². The molecule has 0 heterocycles. The number of hydrogen-bond donors (Lipinski definition) is 2. The number of nitrogens with zero attached hydrogens (tertiary/aromatic N) is 1. The summed E-state index contributed by atoms with van der Waals surface area (Å²) in [7, 11) is -2.53. The maximum absolute atomic E-state index is 12.2. The zero-order valence-electron chi connectivity index (χ0n) is 15.0. The minimum Gasteiger partial charge on any atom is -0.493 e. The molecule has 142 valence electrons. The van der Waals surface area contributed by atoms with Gasteiger partial charge in [-0.2, -0.15) is 5.26 Å². The standard InChI is InChI=1S/C18H19N3O5S/c1-12(2)26-16-9-6-14(10-17(16)25-3)18(22)20-21-27(23,24)15-7-4-13(11-19)5-8-15/h4-10,12,21H,1-3H3,(H,20,22). The van der Waals surface area contributed by atoms with Crippen molar-refractivity contribution in [1.82, 2.24) is 10.3 Å². The number of hydrogen-bond acceptors (Lipinski definition) is 6. The highest BCUT2D eigenvalue weighted by Crippen LogP contribution is 2.28. The number of ether oxygens (including phenoxy) is 2. The molecule has 0 aliphatic heterocycles. The van der Waals surface area contributed by atoms with Crippen molar-refractivity contribution in [2.45, 2.75) is 24.8 Å². The Bertz CT molecular complexity index is 963. The predicted molar refractivity (Wildman–Crippen MR) is 97.7 cm³/mol. The number of nitriles is 1. The summed E-state index contributed by atoms with van der Waals surface area (Å²) in [5, 5.41) is 8.75. The van der Waals surface area contributed by atoms with Crippen LogP contribution in [-0.4, -0.2) is 27.5 Å². The van der Waals surface area contributed by atoms with Crippen LogP contribution in [0, 0.1) is 11.3 Å². The molecular formula is C18H19N3O5S. The van der Waals surface area contributed by atoms with Crippen molar-refractivity contribution in [3.05, 3.63) is 53.6 Å². The molecule has 0 saturated carbocycles. The molecule has 0 aromatic heterocycles. The smallest absolute Gasteiger partial charge is 0.266 e. The van der Waals surface area contributed by atoms with Crippen LogP contribution in [0.1, 0.15) is 29.8 Å². The maximum Gasteiger partial charge on any atom is 0.266 e. The molecule has 0 spiro atoms. The van der Waals surface area contributed by atoms with E-state index in [9.17, 15) is 13.2 Å². The van der Waals surface area contributed by atoms with Gasteiger partial charge in [0, 0.05) is 5.56 Å². The van der Waals surface area contributed by atoms with E-state index in [0.29, 0.717) is 17.1 Å².